The third-order valence-corrected chi connectivity index (χ3v) is 9.20. The molecular formula is C35H36FN9O3. The summed E-state index contributed by atoms with van der Waals surface area (Å²) in [5.41, 5.74) is 3.92. The van der Waals surface area contributed by atoms with E-state index in [9.17, 15) is 14.0 Å². The van der Waals surface area contributed by atoms with E-state index in [0.29, 0.717) is 55.4 Å². The number of rotatable bonds is 9. The number of methoxy groups -OCH3 is 1. The second-order valence-corrected chi connectivity index (χ2v) is 12.3. The molecule has 246 valence electrons. The summed E-state index contributed by atoms with van der Waals surface area (Å²) in [6.45, 7) is 4.25. The molecule has 2 fully saturated rings. The SMILES string of the molecule is COCC1(C(=O)Nc2ccc3[nH]nc(-c4ccc(F)nc4)c3c2)CCN(CC(=O)N2CCN(c3ccc(-c4ncccn4)cc3)CC2)C1. The smallest absolute Gasteiger partial charge is 0.236 e. The molecule has 0 spiro atoms. The van der Waals surface area contributed by atoms with Crippen molar-refractivity contribution >= 4 is 34.1 Å². The number of halogens is 1. The molecule has 0 bridgehead atoms. The Balaban J connectivity index is 0.953. The monoisotopic (exact) mass is 649 g/mol. The molecule has 5 heterocycles. The molecule has 1 unspecified atom stereocenters. The molecule has 1 atom stereocenters. The van der Waals surface area contributed by atoms with Gasteiger partial charge in [-0.1, -0.05) is 0 Å². The van der Waals surface area contributed by atoms with E-state index < -0.39 is 11.4 Å². The van der Waals surface area contributed by atoms with Gasteiger partial charge in [0.1, 0.15) is 5.69 Å². The van der Waals surface area contributed by atoms with Gasteiger partial charge >= 0.3 is 0 Å². The number of aromatic amines is 1. The Morgan fingerprint density at radius 3 is 2.46 bits per heavy atom. The first-order chi connectivity index (χ1) is 23.4. The van der Waals surface area contributed by atoms with Crippen molar-refractivity contribution in [1.29, 1.82) is 0 Å². The molecule has 2 N–H and O–H groups in total. The fraction of sp³-hybridized carbons (Fsp3) is 0.314. The molecule has 7 rings (SSSR count). The zero-order valence-electron chi connectivity index (χ0n) is 26.6. The van der Waals surface area contributed by atoms with Crippen LogP contribution in [-0.4, -0.2) is 106 Å². The van der Waals surface area contributed by atoms with E-state index >= 15 is 0 Å². The largest absolute Gasteiger partial charge is 0.384 e. The first-order valence-electron chi connectivity index (χ1n) is 15.9. The van der Waals surface area contributed by atoms with Crippen LogP contribution in [0.2, 0.25) is 0 Å². The fourth-order valence-electron chi connectivity index (χ4n) is 6.60. The summed E-state index contributed by atoms with van der Waals surface area (Å²) >= 11 is 0. The van der Waals surface area contributed by atoms with Crippen LogP contribution in [-0.2, 0) is 14.3 Å². The fourth-order valence-corrected chi connectivity index (χ4v) is 6.60. The van der Waals surface area contributed by atoms with Gasteiger partial charge in [-0.2, -0.15) is 9.49 Å². The number of H-pyrrole nitrogens is 1. The summed E-state index contributed by atoms with van der Waals surface area (Å²) < 4.78 is 18.9. The second-order valence-electron chi connectivity index (χ2n) is 12.3. The Morgan fingerprint density at radius 1 is 0.958 bits per heavy atom. The highest BCUT2D eigenvalue weighted by Gasteiger charge is 2.45. The van der Waals surface area contributed by atoms with Gasteiger partial charge < -0.3 is 19.9 Å². The minimum atomic E-state index is -0.806. The van der Waals surface area contributed by atoms with Crippen molar-refractivity contribution in [2.75, 3.05) is 69.7 Å². The van der Waals surface area contributed by atoms with Crippen molar-refractivity contribution in [3.05, 3.63) is 85.2 Å². The van der Waals surface area contributed by atoms with Crippen molar-refractivity contribution in [2.24, 2.45) is 5.41 Å². The highest BCUT2D eigenvalue weighted by atomic mass is 19.1. The molecule has 12 nitrogen and oxygen atoms in total. The third kappa shape index (κ3) is 6.46. The number of hydrogen-bond acceptors (Lipinski definition) is 9. The maximum atomic E-state index is 13.8. The summed E-state index contributed by atoms with van der Waals surface area (Å²) in [6, 6.07) is 18.4. The highest BCUT2D eigenvalue weighted by molar-refractivity contribution is 6.00. The molecule has 2 aliphatic rings. The van der Waals surface area contributed by atoms with E-state index in [1.807, 2.05) is 35.2 Å². The molecule has 0 radical (unpaired) electrons. The first kappa shape index (κ1) is 31.3. The van der Waals surface area contributed by atoms with E-state index in [4.69, 9.17) is 4.74 Å². The molecule has 0 saturated carbocycles. The highest BCUT2D eigenvalue weighted by Crippen LogP contribution is 2.34. The van der Waals surface area contributed by atoms with E-state index in [1.54, 1.807) is 31.6 Å². The number of hydrogen-bond donors (Lipinski definition) is 2. The normalized spacial score (nSPS) is 18.4. The van der Waals surface area contributed by atoms with Crippen molar-refractivity contribution in [1.82, 2.24) is 34.9 Å². The predicted octanol–water partition coefficient (Wildman–Crippen LogP) is 3.85. The number of nitrogens with one attached hydrogen (secondary N) is 2. The van der Waals surface area contributed by atoms with Crippen LogP contribution in [0, 0.1) is 11.4 Å². The van der Waals surface area contributed by atoms with Crippen LogP contribution < -0.4 is 10.2 Å². The zero-order chi connectivity index (χ0) is 33.1. The van der Waals surface area contributed by atoms with Gasteiger partial charge in [0.25, 0.3) is 0 Å². The van der Waals surface area contributed by atoms with Crippen LogP contribution in [0.25, 0.3) is 33.5 Å². The van der Waals surface area contributed by atoms with Gasteiger partial charge in [0, 0.05) is 86.3 Å². The number of pyridine rings is 1. The molecule has 2 aromatic carbocycles. The third-order valence-electron chi connectivity index (χ3n) is 9.20. The van der Waals surface area contributed by atoms with Gasteiger partial charge in [-0.05, 0) is 73.6 Å². The number of fused-ring (bicyclic) bond motifs is 1. The minimum absolute atomic E-state index is 0.0630. The minimum Gasteiger partial charge on any atom is -0.384 e. The van der Waals surface area contributed by atoms with Crippen LogP contribution in [0.1, 0.15) is 6.42 Å². The Bertz CT molecular complexity index is 1890. The summed E-state index contributed by atoms with van der Waals surface area (Å²) in [7, 11) is 1.59. The average molecular weight is 650 g/mol. The topological polar surface area (TPSA) is 132 Å². The van der Waals surface area contributed by atoms with E-state index in [1.165, 1.54) is 12.3 Å². The molecular weight excluding hydrogens is 613 g/mol. The lowest BCUT2D eigenvalue weighted by Gasteiger charge is -2.37. The molecule has 2 amide bonds. The molecule has 48 heavy (non-hydrogen) atoms. The maximum Gasteiger partial charge on any atom is 0.236 e. The lowest BCUT2D eigenvalue weighted by atomic mass is 9.87. The Hall–Kier alpha value is -5.27. The maximum absolute atomic E-state index is 13.8. The quantitative estimate of drug-likeness (QED) is 0.229. The number of nitrogens with zero attached hydrogens (tertiary/aromatic N) is 7. The van der Waals surface area contributed by atoms with Crippen molar-refractivity contribution in [2.45, 2.75) is 6.42 Å². The molecule has 0 aliphatic carbocycles. The lowest BCUT2D eigenvalue weighted by Crippen LogP contribution is -2.51. The number of piperazine rings is 1. The number of benzene rings is 2. The summed E-state index contributed by atoms with van der Waals surface area (Å²) in [5.74, 6) is 0.0281. The number of aromatic nitrogens is 5. The van der Waals surface area contributed by atoms with Crippen LogP contribution in [0.3, 0.4) is 0 Å². The molecule has 3 aromatic heterocycles. The zero-order valence-corrected chi connectivity index (χ0v) is 26.6. The van der Waals surface area contributed by atoms with E-state index in [2.05, 4.69) is 52.4 Å². The number of likely N-dealkylation sites (tertiary alicyclic amines) is 1. The summed E-state index contributed by atoms with van der Waals surface area (Å²) in [5, 5.41) is 11.2. The van der Waals surface area contributed by atoms with Crippen molar-refractivity contribution in [3.63, 3.8) is 0 Å². The first-order valence-corrected chi connectivity index (χ1v) is 15.9. The van der Waals surface area contributed by atoms with Crippen LogP contribution in [0.15, 0.2) is 79.3 Å². The van der Waals surface area contributed by atoms with Gasteiger partial charge in [-0.3, -0.25) is 19.6 Å². The lowest BCUT2D eigenvalue weighted by molar-refractivity contribution is -0.133. The Labute approximate surface area is 277 Å². The van der Waals surface area contributed by atoms with Crippen LogP contribution in [0.5, 0.6) is 0 Å². The van der Waals surface area contributed by atoms with Crippen LogP contribution >= 0.6 is 0 Å². The number of ether oxygens (including phenoxy) is 1. The Morgan fingerprint density at radius 2 is 1.73 bits per heavy atom. The van der Waals surface area contributed by atoms with E-state index in [0.717, 1.165) is 35.2 Å². The Kier molecular flexibility index (Phi) is 8.78. The molecule has 13 heteroatoms. The van der Waals surface area contributed by atoms with Crippen molar-refractivity contribution in [3.8, 4) is 22.6 Å². The average Bonchev–Trinajstić information content (AvgIpc) is 3.74. The van der Waals surface area contributed by atoms with Gasteiger partial charge in [-0.15, -0.1) is 0 Å². The second kappa shape index (κ2) is 13.5. The number of amides is 2. The van der Waals surface area contributed by atoms with Gasteiger partial charge in [0.15, 0.2) is 5.82 Å². The summed E-state index contributed by atoms with van der Waals surface area (Å²) in [6.07, 6.45) is 5.46. The standard InChI is InChI=1S/C35H36FN9O3/c1-48-23-35(34(47)40-26-6-9-29-28(19-26)32(42-41-29)25-5-10-30(36)39-20-25)11-14-43(22-35)21-31(46)45-17-15-44(16-18-45)27-7-3-24(4-8-27)33-37-12-2-13-38-33/h2-10,12-13,19-20H,11,14-18,21-23H2,1H3,(H,40,47)(H,41,42). The van der Waals surface area contributed by atoms with Crippen molar-refractivity contribution < 1.29 is 18.7 Å². The molecule has 2 aliphatic heterocycles. The molecule has 2 saturated heterocycles. The number of carbonyl (C=O) groups is 2. The van der Waals surface area contributed by atoms with Gasteiger partial charge in [0.05, 0.1) is 24.1 Å². The van der Waals surface area contributed by atoms with E-state index in [-0.39, 0.29) is 25.0 Å². The number of anilines is 2. The van der Waals surface area contributed by atoms with Gasteiger partial charge in [-0.25, -0.2) is 15.0 Å². The van der Waals surface area contributed by atoms with Crippen LogP contribution in [0.4, 0.5) is 15.8 Å². The predicted molar refractivity (Wildman–Crippen MR) is 180 cm³/mol. The summed E-state index contributed by atoms with van der Waals surface area (Å²) in [4.78, 5) is 45.8. The number of carbonyl (C=O) groups excluding carboxylic acids is 2. The van der Waals surface area contributed by atoms with Gasteiger partial charge in [0.2, 0.25) is 17.8 Å². The molecule has 5 aromatic rings.